The van der Waals surface area contributed by atoms with Crippen LogP contribution in [0, 0.1) is 11.8 Å². The first-order chi connectivity index (χ1) is 11.2. The zero-order chi connectivity index (χ0) is 16.1. The van der Waals surface area contributed by atoms with Crippen molar-refractivity contribution in [1.82, 2.24) is 10.2 Å². The number of carbonyl (C=O) groups excluding carboxylic acids is 1. The molecule has 1 aliphatic heterocycles. The summed E-state index contributed by atoms with van der Waals surface area (Å²) >= 11 is 0. The molecule has 1 amide bonds. The largest absolute Gasteiger partial charge is 0.445 e. The van der Waals surface area contributed by atoms with Crippen LogP contribution in [-0.2, 0) is 11.3 Å². The molecule has 1 aliphatic carbocycles. The number of benzene rings is 1. The molecule has 2 fully saturated rings. The van der Waals surface area contributed by atoms with Gasteiger partial charge in [0, 0.05) is 25.7 Å². The molecule has 3 rings (SSSR count). The molecule has 2 aliphatic rings. The van der Waals surface area contributed by atoms with Crippen LogP contribution in [0.3, 0.4) is 0 Å². The van der Waals surface area contributed by atoms with Crippen molar-refractivity contribution in [3.05, 3.63) is 35.9 Å². The molecule has 1 saturated heterocycles. The van der Waals surface area contributed by atoms with E-state index in [0.717, 1.165) is 24.4 Å². The standard InChI is InChI=1S/C19H28N2O2/c1-2-15-10-18(13-21(11-15)12-16-8-9-16)20-19(22)23-14-17-6-4-3-5-7-17/h3-7,15-16,18H,2,8-14H2,1H3,(H,20,22). The highest BCUT2D eigenvalue weighted by atomic mass is 16.5. The van der Waals surface area contributed by atoms with Crippen LogP contribution in [0.2, 0.25) is 0 Å². The summed E-state index contributed by atoms with van der Waals surface area (Å²) < 4.78 is 5.36. The van der Waals surface area contributed by atoms with Crippen molar-refractivity contribution in [2.45, 2.75) is 45.3 Å². The Kier molecular flexibility index (Phi) is 5.55. The second-order valence-electron chi connectivity index (χ2n) is 7.07. The van der Waals surface area contributed by atoms with Gasteiger partial charge in [0.1, 0.15) is 6.61 Å². The molecule has 1 heterocycles. The first-order valence-electron chi connectivity index (χ1n) is 8.92. The van der Waals surface area contributed by atoms with E-state index in [-0.39, 0.29) is 12.1 Å². The van der Waals surface area contributed by atoms with Gasteiger partial charge in [0.15, 0.2) is 0 Å². The van der Waals surface area contributed by atoms with Crippen molar-refractivity contribution in [3.63, 3.8) is 0 Å². The van der Waals surface area contributed by atoms with E-state index in [0.29, 0.717) is 12.5 Å². The summed E-state index contributed by atoms with van der Waals surface area (Å²) in [5.74, 6) is 1.58. The van der Waals surface area contributed by atoms with E-state index in [9.17, 15) is 4.79 Å². The highest BCUT2D eigenvalue weighted by molar-refractivity contribution is 5.67. The Hall–Kier alpha value is -1.55. The number of carbonyl (C=O) groups is 1. The van der Waals surface area contributed by atoms with Crippen LogP contribution < -0.4 is 5.32 Å². The van der Waals surface area contributed by atoms with Gasteiger partial charge in [0.2, 0.25) is 0 Å². The Morgan fingerprint density at radius 3 is 2.70 bits per heavy atom. The Bertz CT molecular complexity index is 501. The predicted molar refractivity (Wildman–Crippen MR) is 91.1 cm³/mol. The highest BCUT2D eigenvalue weighted by Gasteiger charge is 2.31. The lowest BCUT2D eigenvalue weighted by Crippen LogP contribution is -2.51. The fourth-order valence-electron chi connectivity index (χ4n) is 3.45. The molecule has 23 heavy (non-hydrogen) atoms. The molecule has 1 aromatic rings. The van der Waals surface area contributed by atoms with Gasteiger partial charge in [-0.05, 0) is 36.7 Å². The number of hydrogen-bond acceptors (Lipinski definition) is 3. The third-order valence-corrected chi connectivity index (χ3v) is 4.94. The summed E-state index contributed by atoms with van der Waals surface area (Å²) in [5, 5.41) is 3.07. The van der Waals surface area contributed by atoms with Crippen molar-refractivity contribution < 1.29 is 9.53 Å². The number of alkyl carbamates (subject to hydrolysis) is 1. The molecule has 1 N–H and O–H groups in total. The van der Waals surface area contributed by atoms with Gasteiger partial charge in [-0.25, -0.2) is 4.79 Å². The lowest BCUT2D eigenvalue weighted by Gasteiger charge is -2.37. The normalized spacial score (nSPS) is 25.1. The summed E-state index contributed by atoms with van der Waals surface area (Å²) in [5.41, 5.74) is 1.02. The van der Waals surface area contributed by atoms with Gasteiger partial charge in [0.25, 0.3) is 0 Å². The minimum atomic E-state index is -0.290. The predicted octanol–water partition coefficient (Wildman–Crippen LogP) is 3.42. The van der Waals surface area contributed by atoms with E-state index in [1.54, 1.807) is 0 Å². The van der Waals surface area contributed by atoms with Crippen LogP contribution >= 0.6 is 0 Å². The van der Waals surface area contributed by atoms with Gasteiger partial charge >= 0.3 is 6.09 Å². The molecule has 0 radical (unpaired) electrons. The summed E-state index contributed by atoms with van der Waals surface area (Å²) in [6, 6.07) is 10.0. The van der Waals surface area contributed by atoms with Gasteiger partial charge < -0.3 is 15.0 Å². The Balaban J connectivity index is 1.45. The number of piperidine rings is 1. The van der Waals surface area contributed by atoms with Crippen molar-refractivity contribution >= 4 is 6.09 Å². The summed E-state index contributed by atoms with van der Waals surface area (Å²) in [7, 11) is 0. The fourth-order valence-corrected chi connectivity index (χ4v) is 3.45. The third kappa shape index (κ3) is 5.24. The van der Waals surface area contributed by atoms with E-state index in [1.807, 2.05) is 30.3 Å². The summed E-state index contributed by atoms with van der Waals surface area (Å²) in [6.45, 7) is 5.93. The SMILES string of the molecule is CCC1CC(NC(=O)OCc2ccccc2)CN(CC2CC2)C1. The molecule has 4 heteroatoms. The lowest BCUT2D eigenvalue weighted by molar-refractivity contribution is 0.107. The second-order valence-corrected chi connectivity index (χ2v) is 7.07. The van der Waals surface area contributed by atoms with Gasteiger partial charge in [-0.2, -0.15) is 0 Å². The number of amides is 1. The number of rotatable bonds is 6. The molecule has 126 valence electrons. The molecule has 0 aromatic heterocycles. The molecule has 2 unspecified atom stereocenters. The zero-order valence-electron chi connectivity index (χ0n) is 14.0. The topological polar surface area (TPSA) is 41.6 Å². The minimum absolute atomic E-state index is 0.218. The van der Waals surface area contributed by atoms with Crippen LogP contribution in [0.5, 0.6) is 0 Å². The smallest absolute Gasteiger partial charge is 0.407 e. The van der Waals surface area contributed by atoms with E-state index in [1.165, 1.54) is 32.4 Å². The molecular formula is C19H28N2O2. The van der Waals surface area contributed by atoms with E-state index in [2.05, 4.69) is 17.1 Å². The van der Waals surface area contributed by atoms with Gasteiger partial charge in [-0.15, -0.1) is 0 Å². The molecule has 0 bridgehead atoms. The minimum Gasteiger partial charge on any atom is -0.445 e. The average Bonchev–Trinajstić information content (AvgIpc) is 3.37. The monoisotopic (exact) mass is 316 g/mol. The Morgan fingerprint density at radius 1 is 1.22 bits per heavy atom. The van der Waals surface area contributed by atoms with E-state index >= 15 is 0 Å². The quantitative estimate of drug-likeness (QED) is 0.874. The molecule has 1 aromatic carbocycles. The molecule has 1 saturated carbocycles. The number of nitrogens with zero attached hydrogens (tertiary/aromatic N) is 1. The molecular weight excluding hydrogens is 288 g/mol. The lowest BCUT2D eigenvalue weighted by atomic mass is 9.92. The first-order valence-corrected chi connectivity index (χ1v) is 8.92. The van der Waals surface area contributed by atoms with Crippen molar-refractivity contribution in [2.24, 2.45) is 11.8 Å². The Labute approximate surface area is 139 Å². The zero-order valence-corrected chi connectivity index (χ0v) is 14.0. The molecule has 2 atom stereocenters. The average molecular weight is 316 g/mol. The van der Waals surface area contributed by atoms with Crippen molar-refractivity contribution in [2.75, 3.05) is 19.6 Å². The number of likely N-dealkylation sites (tertiary alicyclic amines) is 1. The molecule has 4 nitrogen and oxygen atoms in total. The maximum absolute atomic E-state index is 12.1. The Morgan fingerprint density at radius 2 is 2.00 bits per heavy atom. The van der Waals surface area contributed by atoms with Gasteiger partial charge in [0.05, 0.1) is 0 Å². The van der Waals surface area contributed by atoms with Crippen LogP contribution in [0.1, 0.15) is 38.2 Å². The first kappa shape index (κ1) is 16.3. The van der Waals surface area contributed by atoms with Crippen LogP contribution in [0.4, 0.5) is 4.79 Å². The fraction of sp³-hybridized carbons (Fsp3) is 0.632. The summed E-state index contributed by atoms with van der Waals surface area (Å²) in [4.78, 5) is 14.6. The number of hydrogen-bond donors (Lipinski definition) is 1. The van der Waals surface area contributed by atoms with Crippen molar-refractivity contribution in [3.8, 4) is 0 Å². The van der Waals surface area contributed by atoms with Gasteiger partial charge in [-0.3, -0.25) is 0 Å². The molecule has 0 spiro atoms. The maximum atomic E-state index is 12.1. The van der Waals surface area contributed by atoms with Crippen molar-refractivity contribution in [1.29, 1.82) is 0 Å². The van der Waals surface area contributed by atoms with Crippen LogP contribution in [-0.4, -0.2) is 36.7 Å². The van der Waals surface area contributed by atoms with E-state index in [4.69, 9.17) is 4.74 Å². The number of ether oxygens (including phenoxy) is 1. The maximum Gasteiger partial charge on any atom is 0.407 e. The summed E-state index contributed by atoms with van der Waals surface area (Å²) in [6.07, 6.45) is 4.72. The van der Waals surface area contributed by atoms with E-state index < -0.39 is 0 Å². The van der Waals surface area contributed by atoms with Crippen LogP contribution in [0.25, 0.3) is 0 Å². The number of nitrogens with one attached hydrogen (secondary N) is 1. The van der Waals surface area contributed by atoms with Crippen LogP contribution in [0.15, 0.2) is 30.3 Å². The van der Waals surface area contributed by atoms with Gasteiger partial charge in [-0.1, -0.05) is 43.7 Å². The second kappa shape index (κ2) is 7.82. The highest BCUT2D eigenvalue weighted by Crippen LogP contribution is 2.31. The third-order valence-electron chi connectivity index (χ3n) is 4.94.